The summed E-state index contributed by atoms with van der Waals surface area (Å²) >= 11 is 1.60. The molecule has 1 aliphatic rings. The zero-order valence-electron chi connectivity index (χ0n) is 14.0. The number of hydrogen-bond acceptors (Lipinski definition) is 3. The van der Waals surface area contributed by atoms with Crippen LogP contribution >= 0.6 is 11.8 Å². The predicted molar refractivity (Wildman–Crippen MR) is 95.8 cm³/mol. The van der Waals surface area contributed by atoms with Crippen LogP contribution in [0.5, 0.6) is 0 Å². The molecule has 2 unspecified atom stereocenters. The molecule has 1 fully saturated rings. The van der Waals surface area contributed by atoms with Gasteiger partial charge in [-0.1, -0.05) is 42.5 Å². The molecule has 2 aromatic carbocycles. The first kappa shape index (κ1) is 17.9. The zero-order valence-corrected chi connectivity index (χ0v) is 14.8. The lowest BCUT2D eigenvalue weighted by molar-refractivity contribution is -0.144. The van der Waals surface area contributed by atoms with Crippen LogP contribution in [0.3, 0.4) is 0 Å². The number of rotatable bonds is 7. The van der Waals surface area contributed by atoms with Gasteiger partial charge in [-0.05, 0) is 30.2 Å². The second-order valence-electron chi connectivity index (χ2n) is 6.37. The van der Waals surface area contributed by atoms with Crippen molar-refractivity contribution in [1.82, 2.24) is 0 Å². The number of carbonyl (C=O) groups is 1. The Hall–Kier alpha value is -1.88. The maximum Gasteiger partial charge on any atom is 0.306 e. The van der Waals surface area contributed by atoms with Gasteiger partial charge < -0.3 is 4.74 Å². The molecule has 132 valence electrons. The highest BCUT2D eigenvalue weighted by atomic mass is 32.2. The second-order valence-corrected chi connectivity index (χ2v) is 7.88. The van der Waals surface area contributed by atoms with Crippen molar-refractivity contribution in [1.29, 1.82) is 0 Å². The highest BCUT2D eigenvalue weighted by Gasteiger charge is 2.57. The maximum atomic E-state index is 12.8. The van der Waals surface area contributed by atoms with Crippen LogP contribution in [0.1, 0.15) is 19.8 Å². The molecular weight excluding hydrogens is 342 g/mol. The van der Waals surface area contributed by atoms with Crippen molar-refractivity contribution < 1.29 is 18.3 Å². The summed E-state index contributed by atoms with van der Waals surface area (Å²) in [7, 11) is 0. The monoisotopic (exact) mass is 362 g/mol. The Labute approximate surface area is 150 Å². The average Bonchev–Trinajstić information content (AvgIpc) is 3.20. The molecule has 1 aliphatic carbocycles. The number of ether oxygens (including phenoxy) is 1. The SMILES string of the molecule is CC(COC(=O)CC1CC1(F)F)Sc1ccc(-c2ccccc2)cc1. The van der Waals surface area contributed by atoms with E-state index in [0.717, 1.165) is 16.0 Å². The summed E-state index contributed by atoms with van der Waals surface area (Å²) < 4.78 is 30.7. The fourth-order valence-electron chi connectivity index (χ4n) is 2.58. The van der Waals surface area contributed by atoms with Crippen LogP contribution in [-0.4, -0.2) is 23.7 Å². The molecule has 25 heavy (non-hydrogen) atoms. The molecule has 2 nitrogen and oxygen atoms in total. The van der Waals surface area contributed by atoms with Crippen LogP contribution in [0.25, 0.3) is 11.1 Å². The zero-order chi connectivity index (χ0) is 17.9. The van der Waals surface area contributed by atoms with E-state index in [1.165, 1.54) is 0 Å². The van der Waals surface area contributed by atoms with Gasteiger partial charge in [-0.3, -0.25) is 4.79 Å². The number of hydrogen-bond donors (Lipinski definition) is 0. The van der Waals surface area contributed by atoms with Crippen LogP contribution in [0.4, 0.5) is 8.78 Å². The fourth-order valence-corrected chi connectivity index (χ4v) is 3.48. The molecule has 2 atom stereocenters. The van der Waals surface area contributed by atoms with Gasteiger partial charge in [0.1, 0.15) is 6.61 Å². The summed E-state index contributed by atoms with van der Waals surface area (Å²) in [6, 6.07) is 18.3. The van der Waals surface area contributed by atoms with Crippen LogP contribution < -0.4 is 0 Å². The van der Waals surface area contributed by atoms with Gasteiger partial charge in [0.2, 0.25) is 0 Å². The van der Waals surface area contributed by atoms with Crippen LogP contribution in [0.2, 0.25) is 0 Å². The Morgan fingerprint density at radius 2 is 1.76 bits per heavy atom. The molecular formula is C20H20F2O2S. The Bertz CT molecular complexity index is 716. The summed E-state index contributed by atoms with van der Waals surface area (Å²) in [5.41, 5.74) is 2.31. The molecule has 0 spiro atoms. The summed E-state index contributed by atoms with van der Waals surface area (Å²) in [5.74, 6) is -4.03. The molecule has 0 saturated heterocycles. The molecule has 5 heteroatoms. The van der Waals surface area contributed by atoms with Crippen molar-refractivity contribution in [2.75, 3.05) is 6.61 Å². The number of esters is 1. The van der Waals surface area contributed by atoms with Crippen molar-refractivity contribution in [3.8, 4) is 11.1 Å². The maximum absolute atomic E-state index is 12.8. The quantitative estimate of drug-likeness (QED) is 0.486. The van der Waals surface area contributed by atoms with E-state index in [0.29, 0.717) is 0 Å². The molecule has 0 heterocycles. The second kappa shape index (κ2) is 7.56. The number of thioether (sulfide) groups is 1. The van der Waals surface area contributed by atoms with Gasteiger partial charge in [-0.25, -0.2) is 8.78 Å². The van der Waals surface area contributed by atoms with Crippen LogP contribution in [0, 0.1) is 5.92 Å². The first-order chi connectivity index (χ1) is 11.9. The number of alkyl halides is 2. The smallest absolute Gasteiger partial charge is 0.306 e. The molecule has 0 N–H and O–H groups in total. The normalized spacial score (nSPS) is 19.2. The minimum Gasteiger partial charge on any atom is -0.464 e. The third-order valence-electron chi connectivity index (χ3n) is 4.15. The van der Waals surface area contributed by atoms with Gasteiger partial charge in [-0.15, -0.1) is 11.8 Å². The van der Waals surface area contributed by atoms with E-state index >= 15 is 0 Å². The Balaban J connectivity index is 1.45. The lowest BCUT2D eigenvalue weighted by atomic mass is 10.1. The predicted octanol–water partition coefficient (Wildman–Crippen LogP) is 5.42. The Morgan fingerprint density at radius 1 is 1.16 bits per heavy atom. The van der Waals surface area contributed by atoms with Gasteiger partial charge in [0.25, 0.3) is 5.92 Å². The van der Waals surface area contributed by atoms with Gasteiger partial charge in [0, 0.05) is 22.5 Å². The van der Waals surface area contributed by atoms with Gasteiger partial charge in [0.15, 0.2) is 0 Å². The highest BCUT2D eigenvalue weighted by Crippen LogP contribution is 2.50. The van der Waals surface area contributed by atoms with E-state index in [1.54, 1.807) is 11.8 Å². The topological polar surface area (TPSA) is 26.3 Å². The minimum atomic E-state index is -2.67. The fraction of sp³-hybridized carbons (Fsp3) is 0.350. The molecule has 0 amide bonds. The van der Waals surface area contributed by atoms with Crippen LogP contribution in [-0.2, 0) is 9.53 Å². The van der Waals surface area contributed by atoms with E-state index in [4.69, 9.17) is 4.74 Å². The number of carbonyl (C=O) groups excluding carboxylic acids is 1. The third kappa shape index (κ3) is 5.05. The Kier molecular flexibility index (Phi) is 5.42. The average molecular weight is 362 g/mol. The molecule has 0 aliphatic heterocycles. The van der Waals surface area contributed by atoms with Crippen molar-refractivity contribution in [3.63, 3.8) is 0 Å². The summed E-state index contributed by atoms with van der Waals surface area (Å²) in [6.45, 7) is 2.18. The van der Waals surface area contributed by atoms with Crippen molar-refractivity contribution in [2.45, 2.75) is 35.8 Å². The molecule has 3 rings (SSSR count). The first-order valence-corrected chi connectivity index (χ1v) is 9.17. The van der Waals surface area contributed by atoms with Crippen molar-refractivity contribution in [2.24, 2.45) is 5.92 Å². The van der Waals surface area contributed by atoms with E-state index in [-0.39, 0.29) is 24.7 Å². The molecule has 0 aromatic heterocycles. The summed E-state index contributed by atoms with van der Waals surface area (Å²) in [6.07, 6.45) is -0.379. The van der Waals surface area contributed by atoms with Crippen molar-refractivity contribution in [3.05, 3.63) is 54.6 Å². The summed E-state index contributed by atoms with van der Waals surface area (Å²) in [4.78, 5) is 12.7. The first-order valence-electron chi connectivity index (χ1n) is 8.29. The van der Waals surface area contributed by atoms with E-state index in [2.05, 4.69) is 24.3 Å². The summed E-state index contributed by atoms with van der Waals surface area (Å²) in [5, 5.41) is 0.0613. The van der Waals surface area contributed by atoms with Gasteiger partial charge >= 0.3 is 5.97 Å². The molecule has 1 saturated carbocycles. The number of halogens is 2. The molecule has 0 bridgehead atoms. The standard InChI is InChI=1S/C20H20F2O2S/c1-14(13-24-19(23)11-17-12-20(17,21)22)25-18-9-7-16(8-10-18)15-5-3-2-4-6-15/h2-10,14,17H,11-13H2,1H3. The van der Waals surface area contributed by atoms with E-state index < -0.39 is 17.8 Å². The highest BCUT2D eigenvalue weighted by molar-refractivity contribution is 8.00. The number of benzene rings is 2. The molecule has 0 radical (unpaired) electrons. The van der Waals surface area contributed by atoms with Gasteiger partial charge in [-0.2, -0.15) is 0 Å². The third-order valence-corrected chi connectivity index (χ3v) is 5.23. The van der Waals surface area contributed by atoms with E-state index in [1.807, 2.05) is 37.3 Å². The molecule has 2 aromatic rings. The van der Waals surface area contributed by atoms with E-state index in [9.17, 15) is 13.6 Å². The Morgan fingerprint density at radius 3 is 2.36 bits per heavy atom. The minimum absolute atomic E-state index is 0.0613. The van der Waals surface area contributed by atoms with Gasteiger partial charge in [0.05, 0.1) is 6.42 Å². The van der Waals surface area contributed by atoms with Crippen molar-refractivity contribution >= 4 is 17.7 Å². The lowest BCUT2D eigenvalue weighted by Crippen LogP contribution is -2.14. The van der Waals surface area contributed by atoms with Crippen LogP contribution in [0.15, 0.2) is 59.5 Å². The lowest BCUT2D eigenvalue weighted by Gasteiger charge is -2.12. The largest absolute Gasteiger partial charge is 0.464 e.